The minimum absolute atomic E-state index is 0. The maximum atomic E-state index is 6.02. The van der Waals surface area contributed by atoms with E-state index in [4.69, 9.17) is 4.74 Å². The van der Waals surface area contributed by atoms with Gasteiger partial charge in [0.15, 0.2) is 0 Å². The minimum atomic E-state index is 0. The van der Waals surface area contributed by atoms with Gasteiger partial charge in [-0.1, -0.05) is 109 Å². The Hall–Kier alpha value is -0.980. The number of aryl methyl sites for hydroxylation is 1. The molecule has 0 N–H and O–H groups in total. The lowest BCUT2D eigenvalue weighted by Gasteiger charge is -2.30. The van der Waals surface area contributed by atoms with Crippen LogP contribution in [0.3, 0.4) is 0 Å². The van der Waals surface area contributed by atoms with Crippen molar-refractivity contribution >= 4 is 0 Å². The number of benzene rings is 1. The van der Waals surface area contributed by atoms with Crippen LogP contribution in [0.1, 0.15) is 128 Å². The summed E-state index contributed by atoms with van der Waals surface area (Å²) in [5, 5.41) is 0. The molecular weight excluding hydrogens is 340 g/mol. The summed E-state index contributed by atoms with van der Waals surface area (Å²) >= 11 is 0. The molecule has 0 radical (unpaired) electrons. The van der Waals surface area contributed by atoms with Gasteiger partial charge in [-0.2, -0.15) is 0 Å². The highest BCUT2D eigenvalue weighted by atomic mass is 16.5. The normalized spacial score (nSPS) is 9.36. The Kier molecular flexibility index (Phi) is 32.4. The zero-order chi connectivity index (χ0) is 18.3. The highest BCUT2D eigenvalue weighted by molar-refractivity contribution is 5.27. The van der Waals surface area contributed by atoms with Crippen LogP contribution in [0.5, 0.6) is 5.75 Å². The van der Waals surface area contributed by atoms with E-state index in [0.717, 1.165) is 12.4 Å². The Morgan fingerprint density at radius 2 is 1.11 bits per heavy atom. The van der Waals surface area contributed by atoms with Crippen molar-refractivity contribution in [1.29, 1.82) is 0 Å². The van der Waals surface area contributed by atoms with Gasteiger partial charge in [0, 0.05) is 5.41 Å². The smallest absolute Gasteiger partial charge is 0.119 e. The summed E-state index contributed by atoms with van der Waals surface area (Å²) in [6.07, 6.45) is 11.3. The van der Waals surface area contributed by atoms with Crippen LogP contribution in [0.4, 0.5) is 0 Å². The second kappa shape index (κ2) is 24.1. The van der Waals surface area contributed by atoms with Crippen LogP contribution < -0.4 is 4.74 Å². The summed E-state index contributed by atoms with van der Waals surface area (Å²) in [6, 6.07) is 8.70. The van der Waals surface area contributed by atoms with E-state index in [-0.39, 0.29) is 29.7 Å². The summed E-state index contributed by atoms with van der Waals surface area (Å²) in [7, 11) is 0. The maximum Gasteiger partial charge on any atom is 0.119 e. The Morgan fingerprint density at radius 1 is 0.643 bits per heavy atom. The molecule has 0 spiro atoms. The molecule has 172 valence electrons. The zero-order valence-electron chi connectivity index (χ0n) is 17.3. The van der Waals surface area contributed by atoms with E-state index in [1.807, 2.05) is 0 Å². The third kappa shape index (κ3) is 16.0. The van der Waals surface area contributed by atoms with Crippen molar-refractivity contribution in [3.63, 3.8) is 0 Å². The van der Waals surface area contributed by atoms with Crippen LogP contribution in [-0.2, 0) is 6.42 Å². The lowest BCUT2D eigenvalue weighted by atomic mass is 9.81. The molecule has 0 bridgehead atoms. The van der Waals surface area contributed by atoms with Gasteiger partial charge in [0.05, 0.1) is 6.61 Å². The number of ether oxygens (including phenoxy) is 1. The predicted octanol–water partition coefficient (Wildman–Crippen LogP) is 10.4. The van der Waals surface area contributed by atoms with Gasteiger partial charge in [-0.3, -0.25) is 0 Å². The third-order valence-corrected chi connectivity index (χ3v) is 5.29. The molecule has 1 aromatic carbocycles. The van der Waals surface area contributed by atoms with Crippen molar-refractivity contribution in [2.75, 3.05) is 6.61 Å². The fraction of sp³-hybridized carbons (Fsp3) is 0.778. The first kappa shape index (κ1) is 37.7. The number of hydrogen-bond acceptors (Lipinski definition) is 1. The molecule has 1 rings (SSSR count). The predicted molar refractivity (Wildman–Crippen MR) is 136 cm³/mol. The first-order chi connectivity index (χ1) is 11.6. The van der Waals surface area contributed by atoms with Crippen molar-refractivity contribution in [3.05, 3.63) is 29.8 Å². The number of hydrogen-bond donors (Lipinski definition) is 0. The molecule has 0 saturated carbocycles. The first-order valence-electron chi connectivity index (χ1n) is 10.3. The van der Waals surface area contributed by atoms with Crippen LogP contribution in [0, 0.1) is 5.41 Å². The lowest BCUT2D eigenvalue weighted by molar-refractivity contribution is 0.128. The van der Waals surface area contributed by atoms with Gasteiger partial charge in [-0.25, -0.2) is 0 Å². The summed E-state index contributed by atoms with van der Waals surface area (Å²) in [5.41, 5.74) is 1.78. The standard InChI is InChI=1S/C19H32O.C4H10.4CH4/c1-5-9-10-11-17-12-14-18(15-13-17)20-16-19(6-2,7-3)8-4;1-3-4-2;;;;/h12-15H,5-11,16H2,1-4H3;3-4H2,1-2H3;4*1H4. The van der Waals surface area contributed by atoms with E-state index >= 15 is 0 Å². The van der Waals surface area contributed by atoms with E-state index in [1.54, 1.807) is 0 Å². The van der Waals surface area contributed by atoms with Gasteiger partial charge < -0.3 is 4.74 Å². The van der Waals surface area contributed by atoms with Gasteiger partial charge in [-0.05, 0) is 49.8 Å². The quantitative estimate of drug-likeness (QED) is 0.337. The zero-order valence-corrected chi connectivity index (χ0v) is 17.3. The Balaban J connectivity index is -0.000000201. The molecule has 1 heteroatoms. The summed E-state index contributed by atoms with van der Waals surface area (Å²) < 4.78 is 6.02. The monoisotopic (exact) mass is 398 g/mol. The molecule has 0 unspecified atom stereocenters. The van der Waals surface area contributed by atoms with Crippen molar-refractivity contribution in [3.8, 4) is 5.75 Å². The molecule has 0 atom stereocenters. The molecule has 1 aromatic rings. The van der Waals surface area contributed by atoms with Crippen LogP contribution in [0.2, 0.25) is 0 Å². The largest absolute Gasteiger partial charge is 0.493 e. The third-order valence-electron chi connectivity index (χ3n) is 5.29. The van der Waals surface area contributed by atoms with Gasteiger partial charge >= 0.3 is 0 Å². The highest BCUT2D eigenvalue weighted by Crippen LogP contribution is 2.31. The van der Waals surface area contributed by atoms with Crippen LogP contribution in [0.15, 0.2) is 24.3 Å². The SMILES string of the molecule is C.C.C.C.CCCC.CCCCCc1ccc(OCC(CC)(CC)CC)cc1. The van der Waals surface area contributed by atoms with E-state index < -0.39 is 0 Å². The average molecular weight is 399 g/mol. The van der Waals surface area contributed by atoms with Gasteiger partial charge in [0.2, 0.25) is 0 Å². The molecule has 0 heterocycles. The highest BCUT2D eigenvalue weighted by Gasteiger charge is 2.24. The van der Waals surface area contributed by atoms with Crippen molar-refractivity contribution in [2.24, 2.45) is 5.41 Å². The Labute approximate surface area is 181 Å². The number of rotatable bonds is 11. The molecule has 0 aliphatic heterocycles. The summed E-state index contributed by atoms with van der Waals surface area (Å²) in [6.45, 7) is 14.3. The first-order valence-corrected chi connectivity index (χ1v) is 10.3. The van der Waals surface area contributed by atoms with Crippen LogP contribution >= 0.6 is 0 Å². The molecule has 1 nitrogen and oxygen atoms in total. The van der Waals surface area contributed by atoms with E-state index in [0.29, 0.717) is 5.41 Å². The van der Waals surface area contributed by atoms with Gasteiger partial charge in [-0.15, -0.1) is 0 Å². The summed E-state index contributed by atoms with van der Waals surface area (Å²) in [5.74, 6) is 1.02. The van der Waals surface area contributed by atoms with Crippen LogP contribution in [-0.4, -0.2) is 6.61 Å². The molecule has 0 aromatic heterocycles. The summed E-state index contributed by atoms with van der Waals surface area (Å²) in [4.78, 5) is 0. The van der Waals surface area contributed by atoms with Crippen LogP contribution in [0.25, 0.3) is 0 Å². The van der Waals surface area contributed by atoms with Gasteiger partial charge in [0.25, 0.3) is 0 Å². The Bertz CT molecular complexity index is 365. The van der Waals surface area contributed by atoms with E-state index in [2.05, 4.69) is 65.8 Å². The molecule has 0 aliphatic carbocycles. The second-order valence-corrected chi connectivity index (χ2v) is 6.95. The maximum absolute atomic E-state index is 6.02. The lowest BCUT2D eigenvalue weighted by Crippen LogP contribution is -2.26. The fourth-order valence-corrected chi connectivity index (χ4v) is 2.62. The minimum Gasteiger partial charge on any atom is -0.493 e. The van der Waals surface area contributed by atoms with E-state index in [9.17, 15) is 0 Å². The molecule has 0 amide bonds. The van der Waals surface area contributed by atoms with Crippen molar-refractivity contribution in [2.45, 2.75) is 129 Å². The molecule has 0 saturated heterocycles. The van der Waals surface area contributed by atoms with E-state index in [1.165, 1.54) is 63.4 Å². The average Bonchev–Trinajstić information content (AvgIpc) is 2.65. The topological polar surface area (TPSA) is 9.23 Å². The van der Waals surface area contributed by atoms with Crippen molar-refractivity contribution < 1.29 is 4.74 Å². The van der Waals surface area contributed by atoms with Crippen molar-refractivity contribution in [1.82, 2.24) is 0 Å². The second-order valence-electron chi connectivity index (χ2n) is 6.95. The molecule has 28 heavy (non-hydrogen) atoms. The molecule has 0 aliphatic rings. The Morgan fingerprint density at radius 3 is 1.46 bits per heavy atom. The molecular formula is C27H58O. The van der Waals surface area contributed by atoms with Gasteiger partial charge in [0.1, 0.15) is 5.75 Å². The molecule has 0 fully saturated rings. The fourth-order valence-electron chi connectivity index (χ4n) is 2.62. The number of unbranched alkanes of at least 4 members (excludes halogenated alkanes) is 3.